The van der Waals surface area contributed by atoms with Gasteiger partial charge < -0.3 is 10.1 Å². The first kappa shape index (κ1) is 15.5. The van der Waals surface area contributed by atoms with Gasteiger partial charge >= 0.3 is 0 Å². The average molecular weight is 304 g/mol. The molecule has 1 N–H and O–H groups in total. The van der Waals surface area contributed by atoms with E-state index >= 15 is 0 Å². The van der Waals surface area contributed by atoms with Crippen LogP contribution in [0, 0.1) is 6.92 Å². The molecule has 1 aromatic heterocycles. The van der Waals surface area contributed by atoms with Gasteiger partial charge in [-0.05, 0) is 31.5 Å². The molecular weight excluding hydrogens is 284 g/mol. The predicted molar refractivity (Wildman–Crippen MR) is 84.9 cm³/mol. The Bertz CT molecular complexity index is 595. The number of aromatic nitrogens is 1. The van der Waals surface area contributed by atoms with E-state index in [1.807, 2.05) is 24.4 Å². The molecule has 0 atom stereocenters. The maximum atomic E-state index is 12.1. The standard InChI is InChI=1S/C16H20N2O2S/c1-3-4-8-20-15-7-5-6-13(9-15)16(19)17-10-14-11-21-12(2)18-14/h5-7,9,11H,3-4,8,10H2,1-2H3,(H,17,19). The van der Waals surface area contributed by atoms with Crippen LogP contribution in [0.5, 0.6) is 5.75 Å². The van der Waals surface area contributed by atoms with Crippen LogP contribution < -0.4 is 10.1 Å². The Hall–Kier alpha value is -1.88. The van der Waals surface area contributed by atoms with Crippen LogP contribution in [0.1, 0.15) is 40.8 Å². The van der Waals surface area contributed by atoms with Crippen molar-refractivity contribution >= 4 is 17.2 Å². The number of amides is 1. The first-order valence-corrected chi connectivity index (χ1v) is 7.99. The van der Waals surface area contributed by atoms with Crippen molar-refractivity contribution in [3.8, 4) is 5.75 Å². The maximum absolute atomic E-state index is 12.1. The smallest absolute Gasteiger partial charge is 0.251 e. The van der Waals surface area contributed by atoms with Gasteiger partial charge in [0, 0.05) is 10.9 Å². The summed E-state index contributed by atoms with van der Waals surface area (Å²) < 4.78 is 5.61. The second-order valence-corrected chi connectivity index (χ2v) is 5.83. The van der Waals surface area contributed by atoms with Gasteiger partial charge in [0.05, 0.1) is 23.9 Å². The highest BCUT2D eigenvalue weighted by molar-refractivity contribution is 7.09. The summed E-state index contributed by atoms with van der Waals surface area (Å²) in [5.74, 6) is 0.627. The van der Waals surface area contributed by atoms with Crippen molar-refractivity contribution < 1.29 is 9.53 Å². The number of carbonyl (C=O) groups is 1. The molecule has 1 heterocycles. The minimum absolute atomic E-state index is 0.110. The van der Waals surface area contributed by atoms with E-state index in [2.05, 4.69) is 17.2 Å². The lowest BCUT2D eigenvalue weighted by Crippen LogP contribution is -2.22. The van der Waals surface area contributed by atoms with E-state index in [-0.39, 0.29) is 5.91 Å². The largest absolute Gasteiger partial charge is 0.494 e. The van der Waals surface area contributed by atoms with Gasteiger partial charge in [-0.1, -0.05) is 19.4 Å². The van der Waals surface area contributed by atoms with Crippen LogP contribution >= 0.6 is 11.3 Å². The number of carbonyl (C=O) groups excluding carboxylic acids is 1. The predicted octanol–water partition coefficient (Wildman–Crippen LogP) is 3.56. The first-order chi connectivity index (χ1) is 10.2. The van der Waals surface area contributed by atoms with E-state index < -0.39 is 0 Å². The van der Waals surface area contributed by atoms with E-state index in [1.165, 1.54) is 0 Å². The van der Waals surface area contributed by atoms with Crippen molar-refractivity contribution in [2.24, 2.45) is 0 Å². The molecule has 0 aliphatic rings. The van der Waals surface area contributed by atoms with Crippen molar-refractivity contribution in [2.75, 3.05) is 6.61 Å². The normalized spacial score (nSPS) is 10.4. The Morgan fingerprint density at radius 3 is 3.00 bits per heavy atom. The van der Waals surface area contributed by atoms with Crippen LogP contribution in [0.2, 0.25) is 0 Å². The third-order valence-electron chi connectivity index (χ3n) is 2.96. The summed E-state index contributed by atoms with van der Waals surface area (Å²) in [7, 11) is 0. The molecule has 0 fully saturated rings. The fourth-order valence-corrected chi connectivity index (χ4v) is 2.44. The Morgan fingerprint density at radius 2 is 2.29 bits per heavy atom. The van der Waals surface area contributed by atoms with Crippen LogP contribution in [0.25, 0.3) is 0 Å². The van der Waals surface area contributed by atoms with Gasteiger partial charge in [-0.15, -0.1) is 11.3 Å². The molecule has 1 aromatic carbocycles. The molecule has 21 heavy (non-hydrogen) atoms. The number of hydrogen-bond donors (Lipinski definition) is 1. The number of rotatable bonds is 7. The van der Waals surface area contributed by atoms with Crippen LogP contribution in [0.15, 0.2) is 29.6 Å². The number of nitrogens with zero attached hydrogens (tertiary/aromatic N) is 1. The lowest BCUT2D eigenvalue weighted by molar-refractivity contribution is 0.0950. The Labute approximate surface area is 129 Å². The fourth-order valence-electron chi connectivity index (χ4n) is 1.82. The van der Waals surface area contributed by atoms with Crippen molar-refractivity contribution in [2.45, 2.75) is 33.2 Å². The van der Waals surface area contributed by atoms with Gasteiger partial charge in [-0.3, -0.25) is 4.79 Å². The summed E-state index contributed by atoms with van der Waals surface area (Å²) in [6, 6.07) is 7.27. The van der Waals surface area contributed by atoms with Crippen LogP contribution in [0.3, 0.4) is 0 Å². The molecule has 2 rings (SSSR count). The molecule has 0 saturated carbocycles. The van der Waals surface area contributed by atoms with Crippen LogP contribution in [0.4, 0.5) is 0 Å². The summed E-state index contributed by atoms with van der Waals surface area (Å²) in [4.78, 5) is 16.4. The molecule has 5 heteroatoms. The fraction of sp³-hybridized carbons (Fsp3) is 0.375. The molecule has 0 aliphatic heterocycles. The summed E-state index contributed by atoms with van der Waals surface area (Å²) in [5.41, 5.74) is 1.50. The number of benzene rings is 1. The molecule has 0 saturated heterocycles. The Kier molecular flexibility index (Phi) is 5.75. The monoisotopic (exact) mass is 304 g/mol. The molecule has 0 unspecified atom stereocenters. The van der Waals surface area contributed by atoms with Crippen LogP contribution in [-0.4, -0.2) is 17.5 Å². The number of thiazole rings is 1. The quantitative estimate of drug-likeness (QED) is 0.796. The lowest BCUT2D eigenvalue weighted by atomic mass is 10.2. The number of hydrogen-bond acceptors (Lipinski definition) is 4. The minimum Gasteiger partial charge on any atom is -0.494 e. The zero-order valence-corrected chi connectivity index (χ0v) is 13.2. The molecule has 2 aromatic rings. The van der Waals surface area contributed by atoms with Gasteiger partial charge in [0.25, 0.3) is 5.91 Å². The number of nitrogens with one attached hydrogen (secondary N) is 1. The minimum atomic E-state index is -0.110. The molecule has 1 amide bonds. The van der Waals surface area contributed by atoms with E-state index in [1.54, 1.807) is 23.5 Å². The van der Waals surface area contributed by atoms with Gasteiger partial charge in [0.15, 0.2) is 0 Å². The number of ether oxygens (including phenoxy) is 1. The summed E-state index contributed by atoms with van der Waals surface area (Å²) in [5, 5.41) is 5.84. The molecular formula is C16H20N2O2S. The van der Waals surface area contributed by atoms with Gasteiger partial charge in [-0.2, -0.15) is 0 Å². The zero-order chi connectivity index (χ0) is 15.1. The second-order valence-electron chi connectivity index (χ2n) is 4.77. The van der Waals surface area contributed by atoms with E-state index in [0.29, 0.717) is 18.7 Å². The third-order valence-corrected chi connectivity index (χ3v) is 3.78. The molecule has 0 aliphatic carbocycles. The maximum Gasteiger partial charge on any atom is 0.251 e. The highest BCUT2D eigenvalue weighted by Crippen LogP contribution is 2.14. The topological polar surface area (TPSA) is 51.2 Å². The highest BCUT2D eigenvalue weighted by Gasteiger charge is 2.07. The molecule has 0 bridgehead atoms. The SMILES string of the molecule is CCCCOc1cccc(C(=O)NCc2csc(C)n2)c1. The lowest BCUT2D eigenvalue weighted by Gasteiger charge is -2.08. The number of unbranched alkanes of at least 4 members (excludes halogenated alkanes) is 1. The van der Waals surface area contributed by atoms with E-state index in [0.717, 1.165) is 29.3 Å². The summed E-state index contributed by atoms with van der Waals surface area (Å²) >= 11 is 1.58. The molecule has 0 spiro atoms. The van der Waals surface area contributed by atoms with Crippen molar-refractivity contribution in [1.29, 1.82) is 0 Å². The second kappa shape index (κ2) is 7.78. The number of aryl methyl sites for hydroxylation is 1. The Morgan fingerprint density at radius 1 is 1.43 bits per heavy atom. The van der Waals surface area contributed by atoms with E-state index in [9.17, 15) is 4.79 Å². The summed E-state index contributed by atoms with van der Waals surface area (Å²) in [6.45, 7) is 5.20. The van der Waals surface area contributed by atoms with E-state index in [4.69, 9.17) is 4.74 Å². The van der Waals surface area contributed by atoms with Gasteiger partial charge in [-0.25, -0.2) is 4.98 Å². The first-order valence-electron chi connectivity index (χ1n) is 7.11. The summed E-state index contributed by atoms with van der Waals surface area (Å²) in [6.07, 6.45) is 2.10. The van der Waals surface area contributed by atoms with Crippen molar-refractivity contribution in [3.63, 3.8) is 0 Å². The third kappa shape index (κ3) is 4.86. The van der Waals surface area contributed by atoms with Gasteiger partial charge in [0.2, 0.25) is 0 Å². The van der Waals surface area contributed by atoms with Crippen molar-refractivity contribution in [3.05, 3.63) is 45.9 Å². The van der Waals surface area contributed by atoms with Gasteiger partial charge in [0.1, 0.15) is 5.75 Å². The zero-order valence-electron chi connectivity index (χ0n) is 12.4. The molecule has 4 nitrogen and oxygen atoms in total. The molecule has 0 radical (unpaired) electrons. The molecule has 112 valence electrons. The van der Waals surface area contributed by atoms with Crippen molar-refractivity contribution in [1.82, 2.24) is 10.3 Å². The average Bonchev–Trinajstić information content (AvgIpc) is 2.91. The highest BCUT2D eigenvalue weighted by atomic mass is 32.1. The van der Waals surface area contributed by atoms with Crippen LogP contribution in [-0.2, 0) is 6.54 Å². The Balaban J connectivity index is 1.90.